The SMILES string of the molecule is CCOC(=O)c1ccc(NC(=O)N([C@@H]2CC[N+](C)(Cc3ccc4c(c3)OCO4)C2)[C@@H](Cc2ccc(F)cc2)C(N)=O)cc1. The van der Waals surface area contributed by atoms with Crippen LogP contribution in [0.3, 0.4) is 0 Å². The number of hydrogen-bond donors (Lipinski definition) is 2. The third-order valence-corrected chi connectivity index (χ3v) is 7.94. The monoisotopic (exact) mass is 591 g/mol. The molecule has 0 saturated carbocycles. The van der Waals surface area contributed by atoms with Crippen molar-refractivity contribution in [1.82, 2.24) is 4.90 Å². The maximum absolute atomic E-state index is 13.9. The molecular weight excluding hydrogens is 555 g/mol. The fourth-order valence-corrected chi connectivity index (χ4v) is 5.84. The lowest BCUT2D eigenvalue weighted by molar-refractivity contribution is -0.911. The lowest BCUT2D eigenvalue weighted by Crippen LogP contribution is -2.56. The third-order valence-electron chi connectivity index (χ3n) is 7.94. The Bertz CT molecular complexity index is 1480. The molecule has 3 aromatic rings. The van der Waals surface area contributed by atoms with Gasteiger partial charge in [-0.15, -0.1) is 0 Å². The molecule has 5 rings (SSSR count). The number of likely N-dealkylation sites (N-methyl/N-ethyl adjacent to an activating group) is 1. The zero-order valence-electron chi connectivity index (χ0n) is 24.3. The number of primary amides is 1. The summed E-state index contributed by atoms with van der Waals surface area (Å²) < 4.78 is 30.3. The van der Waals surface area contributed by atoms with Crippen molar-refractivity contribution in [3.05, 3.63) is 89.2 Å². The molecule has 0 bridgehead atoms. The summed E-state index contributed by atoms with van der Waals surface area (Å²) in [5, 5.41) is 2.88. The van der Waals surface area contributed by atoms with E-state index in [1.54, 1.807) is 43.3 Å². The van der Waals surface area contributed by atoms with Crippen LogP contribution in [0.4, 0.5) is 14.9 Å². The molecule has 1 unspecified atom stereocenters. The number of nitrogens with one attached hydrogen (secondary N) is 1. The summed E-state index contributed by atoms with van der Waals surface area (Å²) in [4.78, 5) is 40.4. The van der Waals surface area contributed by atoms with Crippen molar-refractivity contribution in [1.29, 1.82) is 0 Å². The number of halogens is 1. The van der Waals surface area contributed by atoms with Crippen molar-refractivity contribution in [3.8, 4) is 11.5 Å². The molecule has 0 spiro atoms. The van der Waals surface area contributed by atoms with Gasteiger partial charge in [-0.25, -0.2) is 14.0 Å². The van der Waals surface area contributed by atoms with Gasteiger partial charge in [0.25, 0.3) is 0 Å². The van der Waals surface area contributed by atoms with Gasteiger partial charge in [0.1, 0.15) is 18.4 Å². The second-order valence-electron chi connectivity index (χ2n) is 11.2. The first-order valence-electron chi connectivity index (χ1n) is 14.3. The number of anilines is 1. The van der Waals surface area contributed by atoms with Gasteiger partial charge >= 0.3 is 12.0 Å². The summed E-state index contributed by atoms with van der Waals surface area (Å²) in [5.74, 6) is -0.0842. The van der Waals surface area contributed by atoms with E-state index in [1.165, 1.54) is 17.0 Å². The number of urea groups is 1. The molecule has 3 aromatic carbocycles. The Hall–Kier alpha value is -4.64. The maximum Gasteiger partial charge on any atom is 0.338 e. The zero-order chi connectivity index (χ0) is 30.6. The molecule has 3 amide bonds. The number of ether oxygens (including phenoxy) is 3. The van der Waals surface area contributed by atoms with Crippen LogP contribution in [-0.2, 0) is 22.5 Å². The van der Waals surface area contributed by atoms with Crippen LogP contribution >= 0.6 is 0 Å². The van der Waals surface area contributed by atoms with Gasteiger partial charge in [0, 0.05) is 24.1 Å². The Labute approximate surface area is 249 Å². The van der Waals surface area contributed by atoms with Crippen molar-refractivity contribution in [2.24, 2.45) is 5.73 Å². The molecule has 0 radical (unpaired) electrons. The third kappa shape index (κ3) is 7.06. The molecule has 1 saturated heterocycles. The molecular formula is C32H36FN4O6+. The number of likely N-dealkylation sites (tertiary alicyclic amines) is 1. The quantitative estimate of drug-likeness (QED) is 0.271. The number of hydrogen-bond acceptors (Lipinski definition) is 6. The van der Waals surface area contributed by atoms with Gasteiger partial charge in [-0.2, -0.15) is 0 Å². The molecule has 3 atom stereocenters. The predicted molar refractivity (Wildman–Crippen MR) is 157 cm³/mol. The lowest BCUT2D eigenvalue weighted by Gasteiger charge is -2.36. The molecule has 11 heteroatoms. The fourth-order valence-electron chi connectivity index (χ4n) is 5.84. The van der Waals surface area contributed by atoms with Crippen LogP contribution in [0.5, 0.6) is 11.5 Å². The summed E-state index contributed by atoms with van der Waals surface area (Å²) >= 11 is 0. The van der Waals surface area contributed by atoms with Gasteiger partial charge in [-0.1, -0.05) is 12.1 Å². The number of amides is 3. The number of nitrogens with zero attached hydrogens (tertiary/aromatic N) is 2. The largest absolute Gasteiger partial charge is 0.462 e. The van der Waals surface area contributed by atoms with Crippen molar-refractivity contribution in [3.63, 3.8) is 0 Å². The molecule has 0 aliphatic carbocycles. The number of carbonyl (C=O) groups is 3. The van der Waals surface area contributed by atoms with Crippen molar-refractivity contribution < 1.29 is 37.5 Å². The highest BCUT2D eigenvalue weighted by molar-refractivity contribution is 5.95. The maximum atomic E-state index is 13.9. The highest BCUT2D eigenvalue weighted by Gasteiger charge is 2.44. The average Bonchev–Trinajstić information content (AvgIpc) is 3.60. The van der Waals surface area contributed by atoms with Crippen LogP contribution in [0.15, 0.2) is 66.7 Å². The van der Waals surface area contributed by atoms with Crippen molar-refractivity contribution in [2.45, 2.75) is 38.4 Å². The molecule has 226 valence electrons. The van der Waals surface area contributed by atoms with Crippen LogP contribution in [0.1, 0.15) is 34.8 Å². The average molecular weight is 592 g/mol. The van der Waals surface area contributed by atoms with E-state index in [0.717, 1.165) is 12.1 Å². The molecule has 2 aliphatic rings. The van der Waals surface area contributed by atoms with Gasteiger partial charge in [-0.3, -0.25) is 4.79 Å². The van der Waals surface area contributed by atoms with Gasteiger partial charge in [0.15, 0.2) is 11.5 Å². The van der Waals surface area contributed by atoms with Gasteiger partial charge in [-0.05, 0) is 67.1 Å². The summed E-state index contributed by atoms with van der Waals surface area (Å²) in [6.07, 6.45) is 0.774. The Balaban J connectivity index is 1.38. The standard InChI is InChI=1S/C32H35FN4O6/c1-3-41-31(39)23-7-11-25(12-8-23)35-32(40)36(27(30(34)38)16-21-4-9-24(33)10-5-21)26-14-15-37(2,19-26)18-22-6-13-28-29(17-22)43-20-42-28/h4-13,17,26-27H,3,14-16,18-20H2,1-2H3,(H2-,34,35,38,39,40)/p+1/t26-,27+,37?/m1/s1. The summed E-state index contributed by atoms with van der Waals surface area (Å²) in [6, 6.07) is 16.3. The minimum absolute atomic E-state index is 0.132. The fraction of sp³-hybridized carbons (Fsp3) is 0.344. The topological polar surface area (TPSA) is 120 Å². The zero-order valence-corrected chi connectivity index (χ0v) is 24.3. The molecule has 43 heavy (non-hydrogen) atoms. The molecule has 0 aromatic heterocycles. The highest BCUT2D eigenvalue weighted by Crippen LogP contribution is 2.34. The first kappa shape index (κ1) is 29.8. The van der Waals surface area contributed by atoms with E-state index in [-0.39, 0.29) is 25.9 Å². The van der Waals surface area contributed by atoms with Crippen LogP contribution < -0.4 is 20.5 Å². The van der Waals surface area contributed by atoms with Crippen LogP contribution in [0.25, 0.3) is 0 Å². The van der Waals surface area contributed by atoms with E-state index in [0.29, 0.717) is 52.3 Å². The number of nitrogens with two attached hydrogens (primary N) is 1. The Morgan fingerprint density at radius 2 is 1.74 bits per heavy atom. The Morgan fingerprint density at radius 1 is 1.05 bits per heavy atom. The smallest absolute Gasteiger partial charge is 0.338 e. The Morgan fingerprint density at radius 3 is 2.44 bits per heavy atom. The molecule has 10 nitrogen and oxygen atoms in total. The van der Waals surface area contributed by atoms with Crippen LogP contribution in [0, 0.1) is 5.82 Å². The number of quaternary nitrogens is 1. The van der Waals surface area contributed by atoms with Gasteiger partial charge < -0.3 is 34.6 Å². The number of rotatable bonds is 10. The normalized spacial score (nSPS) is 19.5. The minimum Gasteiger partial charge on any atom is -0.462 e. The highest BCUT2D eigenvalue weighted by atomic mass is 19.1. The van der Waals surface area contributed by atoms with E-state index in [2.05, 4.69) is 12.4 Å². The summed E-state index contributed by atoms with van der Waals surface area (Å²) in [6.45, 7) is 4.21. The number of carbonyl (C=O) groups excluding carboxylic acids is 3. The summed E-state index contributed by atoms with van der Waals surface area (Å²) in [5.41, 5.74) is 8.48. The van der Waals surface area contributed by atoms with E-state index >= 15 is 0 Å². The van der Waals surface area contributed by atoms with Crippen LogP contribution in [-0.4, -0.2) is 72.9 Å². The molecule has 3 N–H and O–H groups in total. The Kier molecular flexibility index (Phi) is 8.81. The molecule has 1 fully saturated rings. The summed E-state index contributed by atoms with van der Waals surface area (Å²) in [7, 11) is 2.12. The van der Waals surface area contributed by atoms with Crippen molar-refractivity contribution in [2.75, 3.05) is 38.9 Å². The minimum atomic E-state index is -0.980. The van der Waals surface area contributed by atoms with Crippen molar-refractivity contribution >= 4 is 23.6 Å². The predicted octanol–water partition coefficient (Wildman–Crippen LogP) is 4.08. The number of esters is 1. The molecule has 2 heterocycles. The van der Waals surface area contributed by atoms with Gasteiger partial charge in [0.05, 0.1) is 38.3 Å². The first-order valence-corrected chi connectivity index (χ1v) is 14.3. The lowest BCUT2D eigenvalue weighted by atomic mass is 10.0. The van der Waals surface area contributed by atoms with Gasteiger partial charge in [0.2, 0.25) is 12.7 Å². The van der Waals surface area contributed by atoms with E-state index < -0.39 is 29.8 Å². The second kappa shape index (κ2) is 12.7. The first-order chi connectivity index (χ1) is 20.6. The van der Waals surface area contributed by atoms with E-state index in [1.807, 2.05) is 18.2 Å². The molecule has 2 aliphatic heterocycles. The van der Waals surface area contributed by atoms with Crippen LogP contribution in [0.2, 0.25) is 0 Å². The van der Waals surface area contributed by atoms with E-state index in [4.69, 9.17) is 19.9 Å². The number of benzene rings is 3. The second-order valence-corrected chi connectivity index (χ2v) is 11.2. The van der Waals surface area contributed by atoms with E-state index in [9.17, 15) is 18.8 Å². The number of fused-ring (bicyclic) bond motifs is 1.